The molecule has 2 heterocycles. The van der Waals surface area contributed by atoms with Gasteiger partial charge in [-0.1, -0.05) is 37.6 Å². The van der Waals surface area contributed by atoms with Gasteiger partial charge in [0.1, 0.15) is 5.82 Å². The fraction of sp³-hybridized carbons (Fsp3) is 0.421. The number of benzene rings is 1. The maximum absolute atomic E-state index is 13.2. The second-order valence-electron chi connectivity index (χ2n) is 6.87. The minimum absolute atomic E-state index is 0.0209. The average molecular weight is 377 g/mol. The molecule has 1 aromatic heterocycles. The van der Waals surface area contributed by atoms with Gasteiger partial charge in [0.15, 0.2) is 11.0 Å². The molecule has 0 saturated carbocycles. The molecular formula is C19H22ClFN4O. The van der Waals surface area contributed by atoms with Crippen molar-refractivity contribution < 1.29 is 9.18 Å². The molecule has 1 aliphatic rings. The number of hydrogen-bond donors (Lipinski definition) is 0. The predicted octanol–water partition coefficient (Wildman–Crippen LogP) is 3.53. The Bertz CT molecular complexity index is 751. The first-order valence-corrected chi connectivity index (χ1v) is 9.10. The minimum Gasteiger partial charge on any atom is -0.353 e. The van der Waals surface area contributed by atoms with Crippen molar-refractivity contribution in [1.82, 2.24) is 15.1 Å². The summed E-state index contributed by atoms with van der Waals surface area (Å²) in [5.74, 6) is 0.804. The van der Waals surface area contributed by atoms with Crippen LogP contribution in [0.3, 0.4) is 0 Å². The van der Waals surface area contributed by atoms with Gasteiger partial charge in [-0.05, 0) is 35.7 Å². The van der Waals surface area contributed by atoms with E-state index in [0.717, 1.165) is 11.4 Å². The molecule has 1 aliphatic heterocycles. The monoisotopic (exact) mass is 376 g/mol. The zero-order valence-corrected chi connectivity index (χ0v) is 15.7. The second kappa shape index (κ2) is 7.99. The van der Waals surface area contributed by atoms with Crippen LogP contribution in [0.15, 0.2) is 36.4 Å². The van der Waals surface area contributed by atoms with E-state index in [1.54, 1.807) is 18.2 Å². The summed E-state index contributed by atoms with van der Waals surface area (Å²) in [6.07, 6.45) is 0.398. The molecular weight excluding hydrogens is 355 g/mol. The van der Waals surface area contributed by atoms with Crippen LogP contribution in [-0.2, 0) is 11.3 Å². The van der Waals surface area contributed by atoms with Gasteiger partial charge in [0, 0.05) is 26.1 Å². The SMILES string of the molecule is CC(C)[C@@H]1CN(c2ccc(Cl)nn2)CCC(=O)N1Cc1ccc(F)cc1. The van der Waals surface area contributed by atoms with E-state index in [9.17, 15) is 9.18 Å². The van der Waals surface area contributed by atoms with Gasteiger partial charge in [-0.15, -0.1) is 10.2 Å². The van der Waals surface area contributed by atoms with E-state index in [0.29, 0.717) is 31.2 Å². The van der Waals surface area contributed by atoms with Crippen LogP contribution in [0.1, 0.15) is 25.8 Å². The standard InChI is InChI=1S/C19H22ClFN4O/c1-13(2)16-12-24(18-8-7-17(20)22-23-18)10-9-19(26)25(16)11-14-3-5-15(21)6-4-14/h3-8,13,16H,9-12H2,1-2H3/t16-/m0/s1. The Hall–Kier alpha value is -2.21. The number of carbonyl (C=O) groups excluding carboxylic acids is 1. The Morgan fingerprint density at radius 3 is 2.54 bits per heavy atom. The van der Waals surface area contributed by atoms with Crippen molar-refractivity contribution in [3.8, 4) is 0 Å². The van der Waals surface area contributed by atoms with Gasteiger partial charge < -0.3 is 9.80 Å². The van der Waals surface area contributed by atoms with Crippen LogP contribution in [0, 0.1) is 11.7 Å². The van der Waals surface area contributed by atoms with Crippen LogP contribution >= 0.6 is 11.6 Å². The predicted molar refractivity (Wildman–Crippen MR) is 99.4 cm³/mol. The normalized spacial score (nSPS) is 18.3. The summed E-state index contributed by atoms with van der Waals surface area (Å²) in [4.78, 5) is 16.8. The van der Waals surface area contributed by atoms with E-state index in [1.807, 2.05) is 11.0 Å². The fourth-order valence-electron chi connectivity index (χ4n) is 3.22. The third-order valence-electron chi connectivity index (χ3n) is 4.70. The van der Waals surface area contributed by atoms with Gasteiger partial charge in [0.25, 0.3) is 0 Å². The second-order valence-corrected chi connectivity index (χ2v) is 7.26. The molecule has 0 aliphatic carbocycles. The number of amides is 1. The first kappa shape index (κ1) is 18.6. The van der Waals surface area contributed by atoms with Crippen LogP contribution < -0.4 is 4.90 Å². The number of carbonyl (C=O) groups is 1. The van der Waals surface area contributed by atoms with E-state index in [4.69, 9.17) is 11.6 Å². The molecule has 1 aromatic carbocycles. The van der Waals surface area contributed by atoms with E-state index < -0.39 is 0 Å². The van der Waals surface area contributed by atoms with Gasteiger partial charge in [0.05, 0.1) is 6.04 Å². The molecule has 0 bridgehead atoms. The van der Waals surface area contributed by atoms with E-state index >= 15 is 0 Å². The highest BCUT2D eigenvalue weighted by atomic mass is 35.5. The summed E-state index contributed by atoms with van der Waals surface area (Å²) >= 11 is 5.83. The minimum atomic E-state index is -0.274. The lowest BCUT2D eigenvalue weighted by molar-refractivity contribution is -0.134. The van der Waals surface area contributed by atoms with Crippen molar-refractivity contribution in [2.75, 3.05) is 18.0 Å². The quantitative estimate of drug-likeness (QED) is 0.819. The van der Waals surface area contributed by atoms with Crippen molar-refractivity contribution in [2.45, 2.75) is 32.9 Å². The molecule has 2 aromatic rings. The summed E-state index contributed by atoms with van der Waals surface area (Å²) in [6.45, 7) is 5.93. The van der Waals surface area contributed by atoms with Crippen molar-refractivity contribution in [3.05, 3.63) is 52.9 Å². The molecule has 1 fully saturated rings. The number of aromatic nitrogens is 2. The van der Waals surface area contributed by atoms with E-state index in [2.05, 4.69) is 28.9 Å². The van der Waals surface area contributed by atoms with E-state index in [1.165, 1.54) is 12.1 Å². The van der Waals surface area contributed by atoms with Gasteiger partial charge in [-0.3, -0.25) is 4.79 Å². The topological polar surface area (TPSA) is 49.3 Å². The van der Waals surface area contributed by atoms with E-state index in [-0.39, 0.29) is 23.7 Å². The van der Waals surface area contributed by atoms with Gasteiger partial charge in [0.2, 0.25) is 5.91 Å². The lowest BCUT2D eigenvalue weighted by atomic mass is 10.0. The van der Waals surface area contributed by atoms with Crippen molar-refractivity contribution >= 4 is 23.3 Å². The Morgan fingerprint density at radius 1 is 1.19 bits per heavy atom. The average Bonchev–Trinajstić information content (AvgIpc) is 2.78. The van der Waals surface area contributed by atoms with Crippen LogP contribution in [0.25, 0.3) is 0 Å². The molecule has 7 heteroatoms. The number of halogens is 2. The van der Waals surface area contributed by atoms with Gasteiger partial charge in [-0.25, -0.2) is 4.39 Å². The summed E-state index contributed by atoms with van der Waals surface area (Å²) in [5, 5.41) is 8.41. The number of hydrogen-bond acceptors (Lipinski definition) is 4. The molecule has 1 saturated heterocycles. The smallest absolute Gasteiger partial charge is 0.224 e. The van der Waals surface area contributed by atoms with Crippen LogP contribution in [0.5, 0.6) is 0 Å². The third kappa shape index (κ3) is 4.30. The molecule has 138 valence electrons. The first-order valence-electron chi connectivity index (χ1n) is 8.72. The van der Waals surface area contributed by atoms with Crippen LogP contribution in [-0.4, -0.2) is 40.1 Å². The Morgan fingerprint density at radius 2 is 1.92 bits per heavy atom. The molecule has 1 atom stereocenters. The third-order valence-corrected chi connectivity index (χ3v) is 4.90. The highest BCUT2D eigenvalue weighted by Crippen LogP contribution is 2.24. The molecule has 0 unspecified atom stereocenters. The number of nitrogens with zero attached hydrogens (tertiary/aromatic N) is 4. The highest BCUT2D eigenvalue weighted by molar-refractivity contribution is 6.29. The number of rotatable bonds is 4. The largest absolute Gasteiger partial charge is 0.353 e. The van der Waals surface area contributed by atoms with Crippen molar-refractivity contribution in [2.24, 2.45) is 5.92 Å². The fourth-order valence-corrected chi connectivity index (χ4v) is 3.32. The van der Waals surface area contributed by atoms with Crippen molar-refractivity contribution in [1.29, 1.82) is 0 Å². The lowest BCUT2D eigenvalue weighted by Crippen LogP contribution is -2.46. The maximum atomic E-state index is 13.2. The van der Waals surface area contributed by atoms with Gasteiger partial charge >= 0.3 is 0 Å². The zero-order valence-electron chi connectivity index (χ0n) is 14.9. The van der Waals surface area contributed by atoms with Gasteiger partial charge in [-0.2, -0.15) is 0 Å². The Kier molecular flexibility index (Phi) is 5.71. The van der Waals surface area contributed by atoms with Crippen LogP contribution in [0.2, 0.25) is 5.15 Å². The summed E-state index contributed by atoms with van der Waals surface area (Å²) < 4.78 is 13.2. The summed E-state index contributed by atoms with van der Waals surface area (Å²) in [6, 6.07) is 9.87. The lowest BCUT2D eigenvalue weighted by Gasteiger charge is -2.35. The molecule has 0 radical (unpaired) electrons. The molecule has 0 N–H and O–H groups in total. The molecule has 26 heavy (non-hydrogen) atoms. The summed E-state index contributed by atoms with van der Waals surface area (Å²) in [7, 11) is 0. The highest BCUT2D eigenvalue weighted by Gasteiger charge is 2.32. The Labute approximate surface area is 157 Å². The first-order chi connectivity index (χ1) is 12.4. The summed E-state index contributed by atoms with van der Waals surface area (Å²) in [5.41, 5.74) is 0.921. The number of anilines is 1. The Balaban J connectivity index is 1.83. The molecule has 5 nitrogen and oxygen atoms in total. The molecule has 0 spiro atoms. The van der Waals surface area contributed by atoms with Crippen LogP contribution in [0.4, 0.5) is 10.2 Å². The zero-order chi connectivity index (χ0) is 18.7. The van der Waals surface area contributed by atoms with Crippen molar-refractivity contribution in [3.63, 3.8) is 0 Å². The maximum Gasteiger partial charge on any atom is 0.224 e. The molecule has 1 amide bonds. The molecule has 3 rings (SSSR count).